The van der Waals surface area contributed by atoms with Gasteiger partial charge in [0.2, 0.25) is 0 Å². The highest BCUT2D eigenvalue weighted by atomic mass is 127. The Morgan fingerprint density at radius 3 is 2.40 bits per heavy atom. The van der Waals surface area contributed by atoms with Crippen molar-refractivity contribution in [2.24, 2.45) is 0 Å². The highest BCUT2D eigenvalue weighted by Gasteiger charge is 2.22. The molecule has 1 aromatic heterocycles. The van der Waals surface area contributed by atoms with E-state index in [1.165, 1.54) is 22.6 Å². The van der Waals surface area contributed by atoms with Gasteiger partial charge < -0.3 is 5.73 Å². The molecule has 0 aliphatic rings. The van der Waals surface area contributed by atoms with Crippen LogP contribution in [0.25, 0.3) is 0 Å². The molecule has 0 spiro atoms. The molecule has 0 aromatic carbocycles. The first-order valence-corrected chi connectivity index (χ1v) is 6.81. The Balaban J connectivity index is 3.48. The lowest BCUT2D eigenvalue weighted by Gasteiger charge is -2.06. The molecule has 0 aliphatic carbocycles. The number of pyridine rings is 1. The molecule has 1 rings (SSSR count). The van der Waals surface area contributed by atoms with Gasteiger partial charge in [0.1, 0.15) is 14.3 Å². The summed E-state index contributed by atoms with van der Waals surface area (Å²) in [7, 11) is 0.987. The maximum atomic E-state index is 12.3. The van der Waals surface area contributed by atoms with Gasteiger partial charge in [-0.15, -0.1) is 0 Å². The van der Waals surface area contributed by atoms with Crippen LogP contribution in [0.15, 0.2) is 11.0 Å². The number of anilines is 1. The van der Waals surface area contributed by atoms with E-state index in [9.17, 15) is 17.2 Å². The second-order valence-electron chi connectivity index (χ2n) is 2.49. The van der Waals surface area contributed by atoms with Crippen LogP contribution in [-0.2, 0) is 9.05 Å². The number of halogens is 4. The van der Waals surface area contributed by atoms with E-state index < -0.39 is 26.1 Å². The predicted octanol–water partition coefficient (Wildman–Crippen LogP) is 2.13. The number of alkyl halides is 2. The van der Waals surface area contributed by atoms with Gasteiger partial charge in [-0.3, -0.25) is 0 Å². The van der Waals surface area contributed by atoms with Crippen molar-refractivity contribution in [3.63, 3.8) is 0 Å². The molecule has 1 heterocycles. The monoisotopic (exact) mass is 368 g/mol. The molecule has 15 heavy (non-hydrogen) atoms. The van der Waals surface area contributed by atoms with Crippen LogP contribution < -0.4 is 5.73 Å². The van der Waals surface area contributed by atoms with E-state index in [0.29, 0.717) is 0 Å². The molecule has 4 nitrogen and oxygen atoms in total. The smallest absolute Gasteiger partial charge is 0.280 e. The van der Waals surface area contributed by atoms with Crippen LogP contribution in [0.5, 0.6) is 0 Å². The van der Waals surface area contributed by atoms with E-state index in [1.54, 1.807) is 0 Å². The third-order valence-corrected chi connectivity index (χ3v) is 3.97. The van der Waals surface area contributed by atoms with E-state index in [2.05, 4.69) is 4.98 Å². The number of hydrogen-bond donors (Lipinski definition) is 1. The van der Waals surface area contributed by atoms with Crippen molar-refractivity contribution in [1.82, 2.24) is 4.98 Å². The van der Waals surface area contributed by atoms with E-state index in [4.69, 9.17) is 16.4 Å². The summed E-state index contributed by atoms with van der Waals surface area (Å²) in [6.07, 6.45) is -2.81. The normalized spacial score (nSPS) is 12.1. The van der Waals surface area contributed by atoms with E-state index in [1.807, 2.05) is 0 Å². The van der Waals surface area contributed by atoms with Gasteiger partial charge in [-0.25, -0.2) is 22.2 Å². The molecule has 0 fully saturated rings. The van der Waals surface area contributed by atoms with Crippen LogP contribution in [0.2, 0.25) is 0 Å². The van der Waals surface area contributed by atoms with Crippen LogP contribution in [0.1, 0.15) is 12.1 Å². The van der Waals surface area contributed by atoms with Crippen LogP contribution in [-0.4, -0.2) is 13.4 Å². The summed E-state index contributed by atoms with van der Waals surface area (Å²) in [6, 6.07) is 0.794. The summed E-state index contributed by atoms with van der Waals surface area (Å²) in [5, 5.41) is 0. The van der Waals surface area contributed by atoms with Gasteiger partial charge in [0.25, 0.3) is 15.5 Å². The fraction of sp³-hybridized carbons (Fsp3) is 0.167. The van der Waals surface area contributed by atoms with Crippen LogP contribution in [0, 0.1) is 3.70 Å². The quantitative estimate of drug-likeness (QED) is 0.493. The fourth-order valence-corrected chi connectivity index (χ4v) is 3.82. The lowest BCUT2D eigenvalue weighted by atomic mass is 10.3. The lowest BCUT2D eigenvalue weighted by molar-refractivity contribution is 0.146. The predicted molar refractivity (Wildman–Crippen MR) is 59.4 cm³/mol. The van der Waals surface area contributed by atoms with Crippen molar-refractivity contribution in [1.29, 1.82) is 0 Å². The molecule has 0 unspecified atom stereocenters. The van der Waals surface area contributed by atoms with Crippen LogP contribution >= 0.6 is 33.3 Å². The molecule has 0 radical (unpaired) electrons. The minimum Gasteiger partial charge on any atom is -0.397 e. The fourth-order valence-electron chi connectivity index (χ4n) is 0.894. The lowest BCUT2D eigenvalue weighted by Crippen LogP contribution is -2.06. The molecule has 0 bridgehead atoms. The number of nitrogen functional groups attached to an aromatic ring is 1. The number of aromatic nitrogens is 1. The Labute approximate surface area is 102 Å². The van der Waals surface area contributed by atoms with Gasteiger partial charge in [0, 0.05) is 10.7 Å². The third-order valence-electron chi connectivity index (χ3n) is 1.45. The molecule has 0 saturated carbocycles. The van der Waals surface area contributed by atoms with Gasteiger partial charge in [-0.1, -0.05) is 0 Å². The Morgan fingerprint density at radius 2 is 2.07 bits per heavy atom. The summed E-state index contributed by atoms with van der Waals surface area (Å²) >= 11 is 1.48. The molecule has 0 amide bonds. The summed E-state index contributed by atoms with van der Waals surface area (Å²) in [4.78, 5) is 2.96. The summed E-state index contributed by atoms with van der Waals surface area (Å²) in [5.74, 6) is 0. The molecule has 2 N–H and O–H groups in total. The van der Waals surface area contributed by atoms with E-state index >= 15 is 0 Å². The van der Waals surface area contributed by atoms with Crippen molar-refractivity contribution in [3.05, 3.63) is 15.5 Å². The van der Waals surface area contributed by atoms with Crippen molar-refractivity contribution < 1.29 is 17.2 Å². The van der Waals surface area contributed by atoms with Crippen molar-refractivity contribution >= 4 is 48.0 Å². The largest absolute Gasteiger partial charge is 0.397 e. The van der Waals surface area contributed by atoms with Crippen molar-refractivity contribution in [3.8, 4) is 0 Å². The Morgan fingerprint density at radius 1 is 1.53 bits per heavy atom. The minimum atomic E-state index is -4.07. The van der Waals surface area contributed by atoms with Gasteiger partial charge in [0.15, 0.2) is 0 Å². The first-order valence-electron chi connectivity index (χ1n) is 3.42. The van der Waals surface area contributed by atoms with Crippen molar-refractivity contribution in [2.45, 2.75) is 11.3 Å². The third kappa shape index (κ3) is 2.88. The standard InChI is InChI=1S/C6H4ClF2IN2O2S/c7-15(13,14)4-2(11)1-3(5(8)9)12-6(4)10/h1,5H,(H2,11,12). The molecule has 0 aliphatic heterocycles. The topological polar surface area (TPSA) is 73.0 Å². The van der Waals surface area contributed by atoms with E-state index in [0.717, 1.165) is 6.07 Å². The zero-order chi connectivity index (χ0) is 11.8. The molecular weight excluding hydrogens is 364 g/mol. The molecule has 0 saturated heterocycles. The summed E-state index contributed by atoms with van der Waals surface area (Å²) in [6.45, 7) is 0. The maximum Gasteiger partial charge on any atom is 0.280 e. The summed E-state index contributed by atoms with van der Waals surface area (Å²) in [5.41, 5.74) is 4.39. The van der Waals surface area contributed by atoms with Gasteiger partial charge in [-0.2, -0.15) is 0 Å². The highest BCUT2D eigenvalue weighted by molar-refractivity contribution is 14.1. The van der Waals surface area contributed by atoms with Gasteiger partial charge in [-0.05, 0) is 28.7 Å². The SMILES string of the molecule is Nc1cc(C(F)F)nc(I)c1S(=O)(=O)Cl. The zero-order valence-electron chi connectivity index (χ0n) is 6.92. The van der Waals surface area contributed by atoms with E-state index in [-0.39, 0.29) is 9.39 Å². The van der Waals surface area contributed by atoms with Crippen molar-refractivity contribution in [2.75, 3.05) is 5.73 Å². The number of nitrogens with two attached hydrogens (primary N) is 1. The Hall–Kier alpha value is -0.220. The molecule has 9 heteroatoms. The first-order chi connectivity index (χ1) is 6.73. The van der Waals surface area contributed by atoms with Crippen LogP contribution in [0.4, 0.5) is 14.5 Å². The number of nitrogens with zero attached hydrogens (tertiary/aromatic N) is 1. The second kappa shape index (κ2) is 4.34. The minimum absolute atomic E-state index is 0.169. The molecular formula is C6H4ClF2IN2O2S. The molecule has 84 valence electrons. The molecule has 1 aromatic rings. The van der Waals surface area contributed by atoms with Gasteiger partial charge >= 0.3 is 0 Å². The average molecular weight is 369 g/mol. The summed E-state index contributed by atoms with van der Waals surface area (Å²) < 4.78 is 46.4. The Bertz CT molecular complexity index is 471. The van der Waals surface area contributed by atoms with Gasteiger partial charge in [0.05, 0.1) is 5.69 Å². The second-order valence-corrected chi connectivity index (χ2v) is 6.02. The van der Waals surface area contributed by atoms with Crippen LogP contribution in [0.3, 0.4) is 0 Å². The number of rotatable bonds is 2. The molecule has 0 atom stereocenters. The number of hydrogen-bond acceptors (Lipinski definition) is 4. The first kappa shape index (κ1) is 12.8. The Kier molecular flexibility index (Phi) is 3.71. The zero-order valence-corrected chi connectivity index (χ0v) is 10.6. The maximum absolute atomic E-state index is 12.3. The average Bonchev–Trinajstić information content (AvgIpc) is 1.99. The highest BCUT2D eigenvalue weighted by Crippen LogP contribution is 2.29.